The number of phenols is 1. The lowest BCUT2D eigenvalue weighted by molar-refractivity contribution is 0.0729. The van der Waals surface area contributed by atoms with Gasteiger partial charge in [-0.05, 0) is 36.6 Å². The second-order valence-corrected chi connectivity index (χ2v) is 12.0. The molecule has 0 spiro atoms. The Labute approximate surface area is 207 Å². The fraction of sp³-hybridized carbons (Fsp3) is 0.455. The van der Waals surface area contributed by atoms with Crippen LogP contribution in [-0.2, 0) is 25.9 Å². The lowest BCUT2D eigenvalue weighted by Gasteiger charge is -2.30. The van der Waals surface area contributed by atoms with Crippen LogP contribution >= 0.6 is 0 Å². The molecule has 11 nitrogen and oxygen atoms in total. The summed E-state index contributed by atoms with van der Waals surface area (Å²) in [5.41, 5.74) is -0.219. The van der Waals surface area contributed by atoms with Gasteiger partial charge in [0.25, 0.3) is 11.2 Å². The van der Waals surface area contributed by atoms with Gasteiger partial charge in [0.2, 0.25) is 10.0 Å². The molecule has 1 aromatic heterocycles. The maximum Gasteiger partial charge on any atom is 0.269 e. The zero-order valence-electron chi connectivity index (χ0n) is 19.9. The number of nitrogens with zero attached hydrogens (tertiary/aromatic N) is 3. The first-order valence-electron chi connectivity index (χ1n) is 11.1. The number of hydrogen-bond donors (Lipinski definition) is 3. The quantitative estimate of drug-likeness (QED) is 0.507. The number of ether oxygens (including phenoxy) is 1. The summed E-state index contributed by atoms with van der Waals surface area (Å²) in [5, 5.41) is 17.0. The predicted molar refractivity (Wildman–Crippen MR) is 133 cm³/mol. The molecule has 1 fully saturated rings. The van der Waals surface area contributed by atoms with Crippen molar-refractivity contribution in [3.63, 3.8) is 0 Å². The zero-order chi connectivity index (χ0) is 25.4. The number of aromatic hydroxyl groups is 1. The highest BCUT2D eigenvalue weighted by Gasteiger charge is 2.34. The third-order valence-electron chi connectivity index (χ3n) is 5.60. The Kier molecular flexibility index (Phi) is 7.04. The first kappa shape index (κ1) is 25.4. The number of furan rings is 1. The molecular formula is C22H29N5O6S2. The molecule has 3 heterocycles. The number of rotatable bonds is 5. The lowest BCUT2D eigenvalue weighted by Crippen LogP contribution is -2.41. The Morgan fingerprint density at radius 2 is 1.80 bits per heavy atom. The SMILES string of the molecule is Cc1ccc([C@H](NC2=NS(=O)N=C2Nc2cccc(S(=O)(=O)N3CCOCC3)c2O)C(C)(C)C)o1. The van der Waals surface area contributed by atoms with Gasteiger partial charge in [0, 0.05) is 13.1 Å². The van der Waals surface area contributed by atoms with E-state index in [2.05, 4.69) is 19.4 Å². The van der Waals surface area contributed by atoms with Crippen LogP contribution in [-0.4, -0.2) is 60.0 Å². The number of morpholine rings is 1. The molecule has 35 heavy (non-hydrogen) atoms. The average Bonchev–Trinajstić information content (AvgIpc) is 3.37. The van der Waals surface area contributed by atoms with Crippen molar-refractivity contribution in [1.82, 2.24) is 9.62 Å². The highest BCUT2D eigenvalue weighted by atomic mass is 32.2. The van der Waals surface area contributed by atoms with Crippen LogP contribution < -0.4 is 10.6 Å². The second-order valence-electron chi connectivity index (χ2n) is 9.30. The average molecular weight is 524 g/mol. The maximum atomic E-state index is 13.1. The molecule has 3 N–H and O–H groups in total. The maximum absolute atomic E-state index is 13.1. The molecule has 0 bridgehead atoms. The van der Waals surface area contributed by atoms with Crippen molar-refractivity contribution in [3.05, 3.63) is 41.9 Å². The molecule has 2 aliphatic heterocycles. The number of benzene rings is 1. The summed E-state index contributed by atoms with van der Waals surface area (Å²) in [6, 6.07) is 7.74. The van der Waals surface area contributed by atoms with E-state index in [1.807, 2.05) is 39.8 Å². The number of hydrogen-bond acceptors (Lipinski definition) is 8. The molecule has 2 atom stereocenters. The summed E-state index contributed by atoms with van der Waals surface area (Å²) in [6.45, 7) is 8.88. The molecule has 2 aliphatic rings. The zero-order valence-corrected chi connectivity index (χ0v) is 21.6. The summed E-state index contributed by atoms with van der Waals surface area (Å²) >= 11 is -1.89. The van der Waals surface area contributed by atoms with E-state index in [1.54, 1.807) is 0 Å². The van der Waals surface area contributed by atoms with Gasteiger partial charge in [-0.3, -0.25) is 0 Å². The van der Waals surface area contributed by atoms with Crippen LogP contribution in [0.4, 0.5) is 5.69 Å². The molecule has 4 rings (SSSR count). The normalized spacial score (nSPS) is 20.3. The van der Waals surface area contributed by atoms with Crippen molar-refractivity contribution < 1.29 is 26.9 Å². The minimum atomic E-state index is -3.94. The van der Waals surface area contributed by atoms with Gasteiger partial charge in [-0.15, -0.1) is 8.80 Å². The molecule has 0 saturated carbocycles. The van der Waals surface area contributed by atoms with Gasteiger partial charge in [-0.1, -0.05) is 26.8 Å². The monoisotopic (exact) mass is 523 g/mol. The second kappa shape index (κ2) is 9.72. The summed E-state index contributed by atoms with van der Waals surface area (Å²) in [4.78, 5) is -0.241. The summed E-state index contributed by atoms with van der Waals surface area (Å²) in [5.74, 6) is 1.28. The van der Waals surface area contributed by atoms with E-state index < -0.39 is 26.9 Å². The third-order valence-corrected chi connectivity index (χ3v) is 8.20. The molecule has 13 heteroatoms. The van der Waals surface area contributed by atoms with Crippen LogP contribution in [0.25, 0.3) is 0 Å². The Morgan fingerprint density at radius 3 is 2.43 bits per heavy atom. The molecule has 0 radical (unpaired) electrons. The predicted octanol–water partition coefficient (Wildman–Crippen LogP) is 2.49. The van der Waals surface area contributed by atoms with Crippen molar-refractivity contribution in [2.24, 2.45) is 14.2 Å². The number of para-hydroxylation sites is 1. The van der Waals surface area contributed by atoms with Gasteiger partial charge in [0.15, 0.2) is 17.4 Å². The summed E-state index contributed by atoms with van der Waals surface area (Å²) in [6.07, 6.45) is 0. The van der Waals surface area contributed by atoms with Crippen LogP contribution in [0.3, 0.4) is 0 Å². The molecule has 190 valence electrons. The molecule has 2 aromatic rings. The van der Waals surface area contributed by atoms with Gasteiger partial charge < -0.3 is 24.9 Å². The van der Waals surface area contributed by atoms with Gasteiger partial charge in [0.05, 0.1) is 24.9 Å². The number of anilines is 1. The molecular weight excluding hydrogens is 494 g/mol. The van der Waals surface area contributed by atoms with E-state index in [-0.39, 0.29) is 60.0 Å². The lowest BCUT2D eigenvalue weighted by atomic mass is 9.85. The van der Waals surface area contributed by atoms with E-state index >= 15 is 0 Å². The number of amidine groups is 2. The number of nitrogens with one attached hydrogen (secondary N) is 2. The van der Waals surface area contributed by atoms with Gasteiger partial charge in [-0.25, -0.2) is 12.6 Å². The number of phenolic OH excluding ortho intramolecular Hbond substituents is 1. The number of aryl methyl sites for hydroxylation is 1. The minimum absolute atomic E-state index is 0.0904. The van der Waals surface area contributed by atoms with Crippen molar-refractivity contribution in [1.29, 1.82) is 0 Å². The van der Waals surface area contributed by atoms with Gasteiger partial charge in [0.1, 0.15) is 16.4 Å². The van der Waals surface area contributed by atoms with Crippen LogP contribution in [0.1, 0.15) is 38.3 Å². The largest absolute Gasteiger partial charge is 0.504 e. The van der Waals surface area contributed by atoms with E-state index in [1.165, 1.54) is 22.5 Å². The molecule has 0 aliphatic carbocycles. The Morgan fingerprint density at radius 1 is 1.11 bits per heavy atom. The smallest absolute Gasteiger partial charge is 0.269 e. The van der Waals surface area contributed by atoms with E-state index in [0.29, 0.717) is 5.76 Å². The van der Waals surface area contributed by atoms with Gasteiger partial charge in [-0.2, -0.15) is 4.31 Å². The van der Waals surface area contributed by atoms with Crippen molar-refractivity contribution in [2.45, 2.75) is 38.6 Å². The van der Waals surface area contributed by atoms with Crippen molar-refractivity contribution in [3.8, 4) is 5.75 Å². The first-order chi connectivity index (χ1) is 16.5. The summed E-state index contributed by atoms with van der Waals surface area (Å²) in [7, 11) is -3.94. The van der Waals surface area contributed by atoms with Gasteiger partial charge >= 0.3 is 0 Å². The van der Waals surface area contributed by atoms with Crippen molar-refractivity contribution >= 4 is 38.6 Å². The van der Waals surface area contributed by atoms with E-state index in [0.717, 1.165) is 5.76 Å². The Bertz CT molecular complexity index is 1290. The van der Waals surface area contributed by atoms with Crippen LogP contribution in [0.5, 0.6) is 5.75 Å². The fourth-order valence-corrected chi connectivity index (χ4v) is 5.92. The molecule has 1 saturated heterocycles. The molecule has 1 unspecified atom stereocenters. The third kappa shape index (κ3) is 5.42. The first-order valence-corrected chi connectivity index (χ1v) is 13.6. The number of sulfonamides is 1. The topological polar surface area (TPSA) is 146 Å². The van der Waals surface area contributed by atoms with Crippen LogP contribution in [0, 0.1) is 12.3 Å². The van der Waals surface area contributed by atoms with Crippen LogP contribution in [0.15, 0.2) is 48.4 Å². The highest BCUT2D eigenvalue weighted by Crippen LogP contribution is 2.35. The molecule has 0 amide bonds. The highest BCUT2D eigenvalue weighted by molar-refractivity contribution is 7.89. The Hall–Kier alpha value is -2.74. The Balaban J connectivity index is 1.60. The standard InChI is InChI=1S/C22H29N5O6S2/c1-14-8-9-16(33-14)19(22(2,3)4)24-21-20(25-34(29)26-21)23-15-6-5-7-17(18(15)28)35(30,31)27-10-12-32-13-11-27/h5-9,19,28H,10-13H2,1-4H3,(H,23,25)(H,24,26)/t19-,34?/m0/s1. The van der Waals surface area contributed by atoms with Crippen molar-refractivity contribution in [2.75, 3.05) is 31.6 Å². The van der Waals surface area contributed by atoms with E-state index in [4.69, 9.17) is 9.15 Å². The minimum Gasteiger partial charge on any atom is -0.504 e. The fourth-order valence-electron chi connectivity index (χ4n) is 3.78. The summed E-state index contributed by atoms with van der Waals surface area (Å²) < 4.78 is 58.8. The van der Waals surface area contributed by atoms with Crippen LogP contribution in [0.2, 0.25) is 0 Å². The molecule has 1 aromatic carbocycles. The van der Waals surface area contributed by atoms with E-state index in [9.17, 15) is 17.7 Å².